The Hall–Kier alpha value is -1.75. The van der Waals surface area contributed by atoms with Crippen LogP contribution in [0.2, 0.25) is 0 Å². The molecule has 0 saturated heterocycles. The maximum Gasteiger partial charge on any atom is 0.226 e. The Morgan fingerprint density at radius 3 is 2.61 bits per heavy atom. The lowest BCUT2D eigenvalue weighted by molar-refractivity contribution is -0.116. The molecule has 0 bridgehead atoms. The van der Waals surface area contributed by atoms with E-state index in [9.17, 15) is 13.2 Å². The van der Waals surface area contributed by atoms with E-state index in [0.717, 1.165) is 14.4 Å². The van der Waals surface area contributed by atoms with Crippen LogP contribution in [0.15, 0.2) is 50.5 Å². The van der Waals surface area contributed by atoms with Crippen molar-refractivity contribution in [3.63, 3.8) is 0 Å². The minimum Gasteiger partial charge on any atom is -0.497 e. The van der Waals surface area contributed by atoms with Gasteiger partial charge in [0, 0.05) is 11.8 Å². The Kier molecular flexibility index (Phi) is 6.86. The smallest absolute Gasteiger partial charge is 0.226 e. The van der Waals surface area contributed by atoms with Crippen LogP contribution in [0.25, 0.3) is 10.6 Å². The van der Waals surface area contributed by atoms with Crippen LogP contribution in [-0.2, 0) is 14.6 Å². The summed E-state index contributed by atoms with van der Waals surface area (Å²) in [6.07, 6.45) is 0.338. The molecule has 0 saturated carbocycles. The number of nitrogens with zero attached hydrogens (tertiary/aromatic N) is 1. The molecule has 2 heterocycles. The van der Waals surface area contributed by atoms with E-state index in [0.29, 0.717) is 10.9 Å². The molecule has 0 atom stereocenters. The Morgan fingerprint density at radius 2 is 1.96 bits per heavy atom. The van der Waals surface area contributed by atoms with Gasteiger partial charge >= 0.3 is 0 Å². The predicted octanol–water partition coefficient (Wildman–Crippen LogP) is 4.84. The largest absolute Gasteiger partial charge is 0.497 e. The Bertz CT molecular complexity index is 1060. The number of carbonyl (C=O) groups is 1. The number of rotatable bonds is 8. The fraction of sp³-hybridized carbons (Fsp3) is 0.222. The number of anilines is 1. The van der Waals surface area contributed by atoms with Gasteiger partial charge in [-0.2, -0.15) is 0 Å². The number of methoxy groups -OCH3 is 1. The van der Waals surface area contributed by atoms with Gasteiger partial charge in [0.05, 0.1) is 32.1 Å². The van der Waals surface area contributed by atoms with Crippen molar-refractivity contribution < 1.29 is 17.9 Å². The highest BCUT2D eigenvalue weighted by molar-refractivity contribution is 9.11. The number of benzene rings is 1. The van der Waals surface area contributed by atoms with Crippen molar-refractivity contribution in [2.24, 2.45) is 0 Å². The molecule has 3 aromatic rings. The van der Waals surface area contributed by atoms with Gasteiger partial charge in [0.1, 0.15) is 5.75 Å². The van der Waals surface area contributed by atoms with Crippen LogP contribution in [0.1, 0.15) is 12.8 Å². The molecule has 0 aliphatic heterocycles. The second-order valence-electron chi connectivity index (χ2n) is 5.79. The number of sulfone groups is 1. The standard InChI is InChI=1S/C18H17BrN2O4S3/c1-25-12-4-6-13(7-5-12)28(23,24)10-2-3-17(22)21-18-20-14(11-26-18)15-8-9-16(19)27-15/h4-9,11H,2-3,10H2,1H3,(H,20,21,22). The highest BCUT2D eigenvalue weighted by atomic mass is 79.9. The van der Waals surface area contributed by atoms with Gasteiger partial charge in [-0.25, -0.2) is 13.4 Å². The molecule has 0 fully saturated rings. The normalized spacial score (nSPS) is 11.4. The minimum atomic E-state index is -3.44. The van der Waals surface area contributed by atoms with Crippen LogP contribution in [-0.4, -0.2) is 32.2 Å². The number of hydrogen-bond acceptors (Lipinski definition) is 7. The summed E-state index contributed by atoms with van der Waals surface area (Å²) >= 11 is 6.32. The first kappa shape index (κ1) is 21.0. The molecular formula is C18H17BrN2O4S3. The van der Waals surface area contributed by atoms with Gasteiger partial charge < -0.3 is 10.1 Å². The number of thiazole rings is 1. The molecule has 0 spiro atoms. The quantitative estimate of drug-likeness (QED) is 0.478. The maximum atomic E-state index is 12.3. The Labute approximate surface area is 179 Å². The molecule has 1 amide bonds. The van der Waals surface area contributed by atoms with Crippen molar-refractivity contribution in [1.29, 1.82) is 0 Å². The molecule has 0 aliphatic carbocycles. The summed E-state index contributed by atoms with van der Waals surface area (Å²) in [5, 5.41) is 5.11. The van der Waals surface area contributed by atoms with Gasteiger partial charge in [-0.1, -0.05) is 0 Å². The molecule has 148 valence electrons. The summed E-state index contributed by atoms with van der Waals surface area (Å²) in [7, 11) is -1.91. The number of aromatic nitrogens is 1. The molecule has 1 N–H and O–H groups in total. The van der Waals surface area contributed by atoms with E-state index in [1.165, 1.54) is 30.6 Å². The number of ether oxygens (including phenoxy) is 1. The van der Waals surface area contributed by atoms with Gasteiger partial charge in [0.15, 0.2) is 15.0 Å². The van der Waals surface area contributed by atoms with E-state index in [1.54, 1.807) is 23.5 Å². The van der Waals surface area contributed by atoms with Crippen LogP contribution in [0.3, 0.4) is 0 Å². The molecule has 6 nitrogen and oxygen atoms in total. The van der Waals surface area contributed by atoms with E-state index >= 15 is 0 Å². The van der Waals surface area contributed by atoms with Crippen molar-refractivity contribution in [3.8, 4) is 16.3 Å². The average molecular weight is 501 g/mol. The summed E-state index contributed by atoms with van der Waals surface area (Å²) in [6, 6.07) is 10.1. The van der Waals surface area contributed by atoms with Crippen molar-refractivity contribution in [1.82, 2.24) is 4.98 Å². The van der Waals surface area contributed by atoms with Gasteiger partial charge in [0.25, 0.3) is 0 Å². The van der Waals surface area contributed by atoms with E-state index in [-0.39, 0.29) is 29.4 Å². The number of carbonyl (C=O) groups excluding carboxylic acids is 1. The van der Waals surface area contributed by atoms with Crippen LogP contribution >= 0.6 is 38.6 Å². The van der Waals surface area contributed by atoms with Crippen LogP contribution in [0.4, 0.5) is 5.13 Å². The monoisotopic (exact) mass is 500 g/mol. The Balaban J connectivity index is 1.51. The molecule has 10 heteroatoms. The van der Waals surface area contributed by atoms with Crippen LogP contribution in [0.5, 0.6) is 5.75 Å². The summed E-state index contributed by atoms with van der Waals surface area (Å²) in [5.41, 5.74) is 0.804. The fourth-order valence-corrected chi connectivity index (χ4v) is 5.86. The lowest BCUT2D eigenvalue weighted by Crippen LogP contribution is -2.14. The van der Waals surface area contributed by atoms with E-state index < -0.39 is 9.84 Å². The minimum absolute atomic E-state index is 0.0981. The van der Waals surface area contributed by atoms with Crippen LogP contribution in [0, 0.1) is 0 Å². The van der Waals surface area contributed by atoms with Gasteiger partial charge in [-0.05, 0) is 58.7 Å². The van der Waals surface area contributed by atoms with Crippen molar-refractivity contribution in [3.05, 3.63) is 45.6 Å². The third-order valence-corrected chi connectivity index (χ3v) is 8.03. The number of halogens is 1. The Morgan fingerprint density at radius 1 is 1.21 bits per heavy atom. The first-order valence-electron chi connectivity index (χ1n) is 8.25. The van der Waals surface area contributed by atoms with Crippen LogP contribution < -0.4 is 10.1 Å². The van der Waals surface area contributed by atoms with Crippen molar-refractivity contribution in [2.45, 2.75) is 17.7 Å². The number of hydrogen-bond donors (Lipinski definition) is 1. The average Bonchev–Trinajstić information content (AvgIpc) is 3.30. The molecular weight excluding hydrogens is 484 g/mol. The van der Waals surface area contributed by atoms with Gasteiger partial charge in [-0.3, -0.25) is 4.79 Å². The molecule has 0 unspecified atom stereocenters. The topological polar surface area (TPSA) is 85.4 Å². The lowest BCUT2D eigenvalue weighted by atomic mass is 10.3. The number of amides is 1. The highest BCUT2D eigenvalue weighted by Crippen LogP contribution is 2.33. The predicted molar refractivity (Wildman–Crippen MR) is 116 cm³/mol. The molecule has 1 aromatic carbocycles. The summed E-state index contributed by atoms with van der Waals surface area (Å²) in [5.74, 6) is 0.244. The zero-order chi connectivity index (χ0) is 20.1. The maximum absolute atomic E-state index is 12.3. The molecule has 0 radical (unpaired) electrons. The first-order valence-corrected chi connectivity index (χ1v) is 12.4. The highest BCUT2D eigenvalue weighted by Gasteiger charge is 2.16. The fourth-order valence-electron chi connectivity index (χ4n) is 2.40. The SMILES string of the molecule is COc1ccc(S(=O)(=O)CCCC(=O)Nc2nc(-c3ccc(Br)s3)cs2)cc1. The second-order valence-corrected chi connectivity index (χ2v) is 11.2. The molecule has 0 aliphatic rings. The number of nitrogens with one attached hydrogen (secondary N) is 1. The van der Waals surface area contributed by atoms with E-state index in [1.807, 2.05) is 17.5 Å². The van der Waals surface area contributed by atoms with Gasteiger partial charge in [0.2, 0.25) is 5.91 Å². The summed E-state index contributed by atoms with van der Waals surface area (Å²) in [4.78, 5) is 17.7. The third-order valence-electron chi connectivity index (χ3n) is 3.81. The second kappa shape index (κ2) is 9.17. The molecule has 28 heavy (non-hydrogen) atoms. The lowest BCUT2D eigenvalue weighted by Gasteiger charge is -2.06. The summed E-state index contributed by atoms with van der Waals surface area (Å²) < 4.78 is 30.7. The third kappa shape index (κ3) is 5.40. The number of thiophene rings is 1. The first-order chi connectivity index (χ1) is 13.4. The zero-order valence-electron chi connectivity index (χ0n) is 14.8. The van der Waals surface area contributed by atoms with Gasteiger partial charge in [-0.15, -0.1) is 22.7 Å². The zero-order valence-corrected chi connectivity index (χ0v) is 18.9. The molecule has 2 aromatic heterocycles. The van der Waals surface area contributed by atoms with E-state index in [2.05, 4.69) is 26.2 Å². The van der Waals surface area contributed by atoms with E-state index in [4.69, 9.17) is 4.74 Å². The molecule has 3 rings (SSSR count). The van der Waals surface area contributed by atoms with Crippen molar-refractivity contribution in [2.75, 3.05) is 18.2 Å². The van der Waals surface area contributed by atoms with Crippen molar-refractivity contribution >= 4 is 59.5 Å². The summed E-state index contributed by atoms with van der Waals surface area (Å²) in [6.45, 7) is 0.